The number of nitrogens with zero attached hydrogens (tertiary/aromatic N) is 2. The molecule has 0 aliphatic carbocycles. The summed E-state index contributed by atoms with van der Waals surface area (Å²) in [7, 11) is -2.37. The molecule has 0 bridgehead atoms. The molecule has 1 fully saturated rings. The van der Waals surface area contributed by atoms with Gasteiger partial charge in [-0.15, -0.1) is 0 Å². The number of benzene rings is 3. The molecule has 11 heteroatoms. The number of β-lactam (4-membered cyclic amide) rings is 1. The summed E-state index contributed by atoms with van der Waals surface area (Å²) in [5.41, 5.74) is 1.54. The van der Waals surface area contributed by atoms with E-state index in [-0.39, 0.29) is 21.9 Å². The van der Waals surface area contributed by atoms with Crippen molar-refractivity contribution >= 4 is 44.0 Å². The molecule has 0 spiro atoms. The van der Waals surface area contributed by atoms with Gasteiger partial charge in [0.15, 0.2) is 20.1 Å². The van der Waals surface area contributed by atoms with E-state index in [1.807, 2.05) is 60.7 Å². The maximum Gasteiger partial charge on any atom is 0.359 e. The Morgan fingerprint density at radius 1 is 0.851 bits per heavy atom. The highest BCUT2D eigenvalue weighted by atomic mass is 32.2. The molecule has 3 aromatic rings. The number of hydrogen-bond donors (Lipinski definition) is 1. The summed E-state index contributed by atoms with van der Waals surface area (Å²) in [6, 6.07) is 24.8. The van der Waals surface area contributed by atoms with Crippen LogP contribution in [-0.2, 0) is 18.8 Å². The number of carbonyl (C=O) groups is 4. The van der Waals surface area contributed by atoms with Crippen LogP contribution in [0.4, 0.5) is 0 Å². The molecule has 0 saturated carbocycles. The van der Waals surface area contributed by atoms with E-state index in [0.717, 1.165) is 21.2 Å². The number of likely N-dealkylation sites (tertiary alicyclic amines) is 1. The Balaban J connectivity index is 1.50. The van der Waals surface area contributed by atoms with E-state index >= 15 is 0 Å². The second kappa shape index (κ2) is 13.1. The fraction of sp³-hybridized carbons (Fsp3) is 0.333. The van der Waals surface area contributed by atoms with Crippen LogP contribution in [0.25, 0.3) is 0 Å². The van der Waals surface area contributed by atoms with Crippen LogP contribution in [-0.4, -0.2) is 57.8 Å². The Bertz CT molecular complexity index is 1640. The van der Waals surface area contributed by atoms with Crippen LogP contribution in [0.15, 0.2) is 96.4 Å². The maximum absolute atomic E-state index is 14.1. The van der Waals surface area contributed by atoms with Crippen LogP contribution in [0.2, 0.25) is 18.1 Å². The molecule has 0 radical (unpaired) electrons. The number of imide groups is 1. The van der Waals surface area contributed by atoms with Crippen molar-refractivity contribution in [1.29, 1.82) is 0 Å². The first-order valence-electron chi connectivity index (χ1n) is 15.5. The third kappa shape index (κ3) is 6.52. The number of amides is 3. The third-order valence-electron chi connectivity index (χ3n) is 9.05. The van der Waals surface area contributed by atoms with Gasteiger partial charge in [-0.25, -0.2) is 9.10 Å². The number of esters is 1. The average Bonchev–Trinajstić information content (AvgIpc) is 3.26. The van der Waals surface area contributed by atoms with E-state index in [1.165, 1.54) is 6.92 Å². The fourth-order valence-corrected chi connectivity index (χ4v) is 8.33. The van der Waals surface area contributed by atoms with Gasteiger partial charge in [-0.1, -0.05) is 93.6 Å². The minimum atomic E-state index is -2.37. The monoisotopic (exact) mass is 672 g/mol. The maximum atomic E-state index is 14.1. The van der Waals surface area contributed by atoms with Crippen LogP contribution >= 0.6 is 11.9 Å². The molecule has 1 saturated heterocycles. The summed E-state index contributed by atoms with van der Waals surface area (Å²) >= 11 is 0.845. The van der Waals surface area contributed by atoms with Gasteiger partial charge in [0.05, 0.1) is 23.1 Å². The molecule has 2 aliphatic rings. The Morgan fingerprint density at radius 2 is 1.32 bits per heavy atom. The number of ether oxygens (including phenoxy) is 1. The van der Waals surface area contributed by atoms with Gasteiger partial charge in [-0.2, -0.15) is 0 Å². The molecular formula is C36H40N2O7SSi. The largest absolute Gasteiger partial charge is 0.510 e. The highest BCUT2D eigenvalue weighted by Crippen LogP contribution is 2.47. The molecule has 5 rings (SSSR count). The standard InChI is InChI=1S/C36H40N2O7SSi/c1-22(39)29(35(43)44-30(24-16-10-8-11-17-24)25-18-12-9-13-19-25)37-33(42)28(23(2)45-47(6,7)36(3,4)5)34(37)46-38-31(40)26-20-14-15-21-27(26)32(38)41/h8-21,23,28,30,34,39H,1-7H3/t23-,28+,34-/m1/s1. The van der Waals surface area contributed by atoms with Gasteiger partial charge in [-0.3, -0.25) is 19.3 Å². The van der Waals surface area contributed by atoms with Crippen molar-refractivity contribution in [3.8, 4) is 0 Å². The Hall–Kier alpha value is -4.19. The first-order chi connectivity index (χ1) is 22.1. The van der Waals surface area contributed by atoms with Crippen molar-refractivity contribution in [2.45, 2.75) is 70.3 Å². The van der Waals surface area contributed by atoms with E-state index in [2.05, 4.69) is 33.9 Å². The van der Waals surface area contributed by atoms with Crippen molar-refractivity contribution in [3.05, 3.63) is 119 Å². The zero-order valence-electron chi connectivity index (χ0n) is 27.6. The van der Waals surface area contributed by atoms with Crippen LogP contribution < -0.4 is 0 Å². The van der Waals surface area contributed by atoms with Crippen LogP contribution in [0.5, 0.6) is 0 Å². The third-order valence-corrected chi connectivity index (χ3v) is 14.9. The predicted molar refractivity (Wildman–Crippen MR) is 183 cm³/mol. The van der Waals surface area contributed by atoms with Gasteiger partial charge in [0.25, 0.3) is 11.8 Å². The van der Waals surface area contributed by atoms with Gasteiger partial charge in [0.1, 0.15) is 11.1 Å². The minimum Gasteiger partial charge on any atom is -0.510 e. The number of aliphatic hydroxyl groups is 1. The topological polar surface area (TPSA) is 113 Å². The summed E-state index contributed by atoms with van der Waals surface area (Å²) in [5.74, 6) is -3.73. The van der Waals surface area contributed by atoms with Gasteiger partial charge >= 0.3 is 5.97 Å². The first-order valence-corrected chi connectivity index (χ1v) is 19.2. The minimum absolute atomic E-state index is 0.153. The number of allylic oxidation sites excluding steroid dienone is 1. The van der Waals surface area contributed by atoms with Crippen LogP contribution in [0.3, 0.4) is 0 Å². The molecule has 2 aliphatic heterocycles. The van der Waals surface area contributed by atoms with Gasteiger partial charge in [0.2, 0.25) is 5.91 Å². The molecular weight excluding hydrogens is 633 g/mol. The van der Waals surface area contributed by atoms with Crippen LogP contribution in [0.1, 0.15) is 72.6 Å². The van der Waals surface area contributed by atoms with E-state index in [0.29, 0.717) is 11.1 Å². The van der Waals surface area contributed by atoms with Crippen molar-refractivity contribution in [2.24, 2.45) is 5.92 Å². The summed E-state index contributed by atoms with van der Waals surface area (Å²) in [6.45, 7) is 13.5. The number of fused-ring (bicyclic) bond motifs is 1. The molecule has 0 unspecified atom stereocenters. The number of carbonyl (C=O) groups excluding carboxylic acids is 4. The van der Waals surface area contributed by atoms with E-state index in [4.69, 9.17) is 9.16 Å². The molecule has 3 atom stereocenters. The first kappa shape index (κ1) is 34.1. The van der Waals surface area contributed by atoms with Gasteiger partial charge < -0.3 is 14.3 Å². The van der Waals surface area contributed by atoms with E-state index < -0.39 is 61.3 Å². The lowest BCUT2D eigenvalue weighted by molar-refractivity contribution is -0.160. The zero-order chi connectivity index (χ0) is 34.3. The zero-order valence-corrected chi connectivity index (χ0v) is 29.4. The lowest BCUT2D eigenvalue weighted by Crippen LogP contribution is -2.65. The Morgan fingerprint density at radius 3 is 1.77 bits per heavy atom. The summed E-state index contributed by atoms with van der Waals surface area (Å²) in [6.07, 6.45) is -1.46. The highest BCUT2D eigenvalue weighted by molar-refractivity contribution is 7.98. The van der Waals surface area contributed by atoms with Crippen molar-refractivity contribution in [2.75, 3.05) is 0 Å². The van der Waals surface area contributed by atoms with Crippen molar-refractivity contribution < 1.29 is 33.4 Å². The lowest BCUT2D eigenvalue weighted by atomic mass is 9.91. The Labute approximate surface area is 280 Å². The number of rotatable bonds is 10. The molecule has 246 valence electrons. The SMILES string of the molecule is CC(O)=C(C(=O)OC(c1ccccc1)c1ccccc1)N1C(=O)[C@H]([C@@H](C)O[Si](C)(C)C(C)(C)C)[C@H]1SN1C(=O)c2ccccc2C1=O. The second-order valence-electron chi connectivity index (χ2n) is 13.3. The van der Waals surface area contributed by atoms with Crippen molar-refractivity contribution in [1.82, 2.24) is 9.21 Å². The molecule has 2 heterocycles. The highest BCUT2D eigenvalue weighted by Gasteiger charge is 2.58. The molecule has 3 amide bonds. The molecule has 3 aromatic carbocycles. The summed E-state index contributed by atoms with van der Waals surface area (Å²) in [5, 5.41) is 9.84. The predicted octanol–water partition coefficient (Wildman–Crippen LogP) is 7.25. The second-order valence-corrected chi connectivity index (χ2v) is 19.1. The Kier molecular flexibility index (Phi) is 9.54. The number of hydrogen-bond acceptors (Lipinski definition) is 8. The van der Waals surface area contributed by atoms with Gasteiger partial charge in [0, 0.05) is 0 Å². The van der Waals surface area contributed by atoms with Gasteiger partial charge in [-0.05, 0) is 67.2 Å². The summed E-state index contributed by atoms with van der Waals surface area (Å²) < 4.78 is 13.7. The smallest absolute Gasteiger partial charge is 0.359 e. The number of aliphatic hydroxyl groups excluding tert-OH is 1. The van der Waals surface area contributed by atoms with Crippen molar-refractivity contribution in [3.63, 3.8) is 0 Å². The van der Waals surface area contributed by atoms with Crippen LogP contribution in [0, 0.1) is 5.92 Å². The lowest BCUT2D eigenvalue weighted by Gasteiger charge is -2.51. The average molecular weight is 673 g/mol. The quantitative estimate of drug-likeness (QED) is 0.0456. The normalized spacial score (nSPS) is 19.4. The molecule has 47 heavy (non-hydrogen) atoms. The molecule has 0 aromatic heterocycles. The van der Waals surface area contributed by atoms with E-state index in [1.54, 1.807) is 31.2 Å². The molecule has 9 nitrogen and oxygen atoms in total. The molecule has 1 N–H and O–H groups in total. The fourth-order valence-electron chi connectivity index (χ4n) is 5.52. The van der Waals surface area contributed by atoms with E-state index in [9.17, 15) is 24.3 Å². The summed E-state index contributed by atoms with van der Waals surface area (Å²) in [4.78, 5) is 56.1.